The number of hydrogen-bond donors (Lipinski definition) is 2. The van der Waals surface area contributed by atoms with Gasteiger partial charge in [-0.15, -0.1) is 0 Å². The molecule has 126 valence electrons. The fourth-order valence-corrected chi connectivity index (χ4v) is 2.84. The molecular formula is C17H26N3O3+. The molecular weight excluding hydrogens is 294 g/mol. The van der Waals surface area contributed by atoms with Gasteiger partial charge in [0, 0.05) is 12.8 Å². The highest BCUT2D eigenvalue weighted by Crippen LogP contribution is 2.14. The van der Waals surface area contributed by atoms with E-state index < -0.39 is 0 Å². The Kier molecular flexibility index (Phi) is 6.55. The first-order chi connectivity index (χ1) is 11.1. The Morgan fingerprint density at radius 2 is 1.96 bits per heavy atom. The van der Waals surface area contributed by atoms with Gasteiger partial charge in [0.1, 0.15) is 6.61 Å². The van der Waals surface area contributed by atoms with Crippen molar-refractivity contribution in [1.29, 1.82) is 0 Å². The summed E-state index contributed by atoms with van der Waals surface area (Å²) in [6.45, 7) is 5.57. The zero-order valence-corrected chi connectivity index (χ0v) is 13.9. The Hall–Kier alpha value is -1.92. The summed E-state index contributed by atoms with van der Waals surface area (Å²) in [7, 11) is 1.53. The molecule has 2 N–H and O–H groups in total. The highest BCUT2D eigenvalue weighted by atomic mass is 16.5. The van der Waals surface area contributed by atoms with Crippen molar-refractivity contribution in [2.24, 2.45) is 0 Å². The van der Waals surface area contributed by atoms with Crippen LogP contribution in [0, 0.1) is 0 Å². The van der Waals surface area contributed by atoms with E-state index in [1.54, 1.807) is 4.90 Å². The van der Waals surface area contributed by atoms with E-state index >= 15 is 0 Å². The summed E-state index contributed by atoms with van der Waals surface area (Å²) in [6.07, 6.45) is 0.892. The molecule has 2 amide bonds. The monoisotopic (exact) mass is 320 g/mol. The summed E-state index contributed by atoms with van der Waals surface area (Å²) < 4.78 is 4.87. The van der Waals surface area contributed by atoms with E-state index in [1.807, 2.05) is 24.3 Å². The summed E-state index contributed by atoms with van der Waals surface area (Å²) in [5, 5.41) is 3.00. The number of anilines is 1. The number of hydrogen-bond acceptors (Lipinski definition) is 3. The van der Waals surface area contributed by atoms with Crippen molar-refractivity contribution in [3.05, 3.63) is 29.8 Å². The topological polar surface area (TPSA) is 63.1 Å². The molecule has 0 saturated carbocycles. The summed E-state index contributed by atoms with van der Waals surface area (Å²) in [6, 6.07) is 7.88. The number of ether oxygens (including phenoxy) is 1. The van der Waals surface area contributed by atoms with Gasteiger partial charge in [-0.1, -0.05) is 25.1 Å². The molecule has 0 radical (unpaired) electrons. The molecule has 1 aliphatic rings. The second kappa shape index (κ2) is 8.64. The highest BCUT2D eigenvalue weighted by Gasteiger charge is 2.25. The minimum atomic E-state index is 0.0212. The van der Waals surface area contributed by atoms with Gasteiger partial charge in [-0.2, -0.15) is 0 Å². The van der Waals surface area contributed by atoms with Crippen LogP contribution in [0.15, 0.2) is 24.3 Å². The van der Waals surface area contributed by atoms with Crippen molar-refractivity contribution in [3.63, 3.8) is 0 Å². The number of carbonyl (C=O) groups is 2. The molecule has 1 heterocycles. The molecule has 0 spiro atoms. The number of nitrogens with zero attached hydrogens (tertiary/aromatic N) is 1. The number of rotatable bonds is 6. The number of amides is 2. The molecule has 6 nitrogen and oxygen atoms in total. The number of quaternary nitrogens is 1. The Labute approximate surface area is 137 Å². The predicted molar refractivity (Wildman–Crippen MR) is 88.5 cm³/mol. The summed E-state index contributed by atoms with van der Waals surface area (Å²) in [5.41, 5.74) is 2.04. The molecule has 1 aromatic carbocycles. The van der Waals surface area contributed by atoms with Crippen LogP contribution in [0.4, 0.5) is 5.69 Å². The smallest absolute Gasteiger partial charge is 0.279 e. The first-order valence-corrected chi connectivity index (χ1v) is 8.12. The van der Waals surface area contributed by atoms with Gasteiger partial charge in [0.2, 0.25) is 5.91 Å². The van der Waals surface area contributed by atoms with Crippen LogP contribution in [-0.2, 0) is 20.7 Å². The van der Waals surface area contributed by atoms with E-state index in [0.717, 1.165) is 30.8 Å². The fourth-order valence-electron chi connectivity index (χ4n) is 2.84. The Morgan fingerprint density at radius 3 is 2.61 bits per heavy atom. The fraction of sp³-hybridized carbons (Fsp3) is 0.529. The van der Waals surface area contributed by atoms with Crippen LogP contribution in [-0.4, -0.2) is 63.2 Å². The van der Waals surface area contributed by atoms with Crippen molar-refractivity contribution in [2.45, 2.75) is 13.3 Å². The van der Waals surface area contributed by atoms with E-state index in [1.165, 1.54) is 12.0 Å². The van der Waals surface area contributed by atoms with Gasteiger partial charge in [0.15, 0.2) is 6.54 Å². The molecule has 1 saturated heterocycles. The van der Waals surface area contributed by atoms with E-state index in [2.05, 4.69) is 12.2 Å². The number of aryl methyl sites for hydroxylation is 1. The second-order valence-electron chi connectivity index (χ2n) is 5.80. The molecule has 0 aliphatic carbocycles. The highest BCUT2D eigenvalue weighted by molar-refractivity contribution is 5.92. The van der Waals surface area contributed by atoms with Gasteiger partial charge in [-0.25, -0.2) is 0 Å². The van der Waals surface area contributed by atoms with Crippen LogP contribution in [0.2, 0.25) is 0 Å². The van der Waals surface area contributed by atoms with E-state index in [9.17, 15) is 9.59 Å². The lowest BCUT2D eigenvalue weighted by Crippen LogP contribution is -3.15. The van der Waals surface area contributed by atoms with Gasteiger partial charge in [-0.3, -0.25) is 9.59 Å². The van der Waals surface area contributed by atoms with Crippen LogP contribution in [0.25, 0.3) is 0 Å². The van der Waals surface area contributed by atoms with Gasteiger partial charge in [-0.05, 0) is 18.1 Å². The molecule has 0 atom stereocenters. The first-order valence-electron chi connectivity index (χ1n) is 8.12. The van der Waals surface area contributed by atoms with Gasteiger partial charge in [0.05, 0.1) is 26.2 Å². The third kappa shape index (κ3) is 5.04. The number of benzene rings is 1. The third-order valence-electron chi connectivity index (χ3n) is 4.17. The standard InChI is InChI=1S/C17H25N3O3/c1-3-14-6-4-5-7-15(14)18-16(21)12-19-8-10-20(11-9-19)17(22)13-23-2/h4-7H,3,8-13H2,1-2H3,(H,18,21)/p+1. The molecule has 0 unspecified atom stereocenters. The zero-order valence-electron chi connectivity index (χ0n) is 13.9. The van der Waals surface area contributed by atoms with Crippen molar-refractivity contribution in [3.8, 4) is 0 Å². The SMILES string of the molecule is CCc1ccccc1NC(=O)C[NH+]1CCN(C(=O)COC)CC1. The number of para-hydroxylation sites is 1. The Bertz CT molecular complexity index is 540. The maximum Gasteiger partial charge on any atom is 0.279 e. The van der Waals surface area contributed by atoms with Crippen LogP contribution in [0.1, 0.15) is 12.5 Å². The van der Waals surface area contributed by atoms with E-state index in [-0.39, 0.29) is 18.4 Å². The maximum absolute atomic E-state index is 12.2. The van der Waals surface area contributed by atoms with Crippen molar-refractivity contribution in [1.82, 2.24) is 4.90 Å². The Morgan fingerprint density at radius 1 is 1.26 bits per heavy atom. The van der Waals surface area contributed by atoms with Gasteiger partial charge in [0.25, 0.3) is 5.91 Å². The number of piperazine rings is 1. The van der Waals surface area contributed by atoms with Gasteiger partial charge < -0.3 is 19.9 Å². The lowest BCUT2D eigenvalue weighted by atomic mass is 10.1. The zero-order chi connectivity index (χ0) is 16.7. The largest absolute Gasteiger partial charge is 0.375 e. The minimum absolute atomic E-state index is 0.0212. The third-order valence-corrected chi connectivity index (χ3v) is 4.17. The molecule has 23 heavy (non-hydrogen) atoms. The second-order valence-corrected chi connectivity index (χ2v) is 5.80. The Balaban J connectivity index is 1.80. The number of carbonyl (C=O) groups excluding carboxylic acids is 2. The quantitative estimate of drug-likeness (QED) is 0.747. The molecule has 0 aromatic heterocycles. The van der Waals surface area contributed by atoms with E-state index in [0.29, 0.717) is 19.6 Å². The maximum atomic E-state index is 12.2. The van der Waals surface area contributed by atoms with E-state index in [4.69, 9.17) is 4.74 Å². The molecule has 2 rings (SSSR count). The first kappa shape index (κ1) is 17.4. The molecule has 1 aromatic rings. The lowest BCUT2D eigenvalue weighted by molar-refractivity contribution is -0.895. The van der Waals surface area contributed by atoms with Crippen molar-refractivity contribution < 1.29 is 19.2 Å². The average molecular weight is 320 g/mol. The summed E-state index contributed by atoms with van der Waals surface area (Å²) in [4.78, 5) is 27.0. The summed E-state index contributed by atoms with van der Waals surface area (Å²) in [5.74, 6) is 0.0467. The van der Waals surface area contributed by atoms with Crippen LogP contribution in [0.3, 0.4) is 0 Å². The van der Waals surface area contributed by atoms with Crippen LogP contribution >= 0.6 is 0 Å². The lowest BCUT2D eigenvalue weighted by Gasteiger charge is -2.31. The van der Waals surface area contributed by atoms with Crippen LogP contribution < -0.4 is 10.2 Å². The number of nitrogens with one attached hydrogen (secondary N) is 2. The average Bonchev–Trinajstić information content (AvgIpc) is 2.56. The number of methoxy groups -OCH3 is 1. The molecule has 1 aliphatic heterocycles. The van der Waals surface area contributed by atoms with Crippen molar-refractivity contribution >= 4 is 17.5 Å². The molecule has 6 heteroatoms. The molecule has 1 fully saturated rings. The summed E-state index contributed by atoms with van der Waals surface area (Å²) >= 11 is 0. The molecule has 0 bridgehead atoms. The minimum Gasteiger partial charge on any atom is -0.375 e. The normalized spacial score (nSPS) is 15.5. The van der Waals surface area contributed by atoms with Crippen LogP contribution in [0.5, 0.6) is 0 Å². The van der Waals surface area contributed by atoms with Gasteiger partial charge >= 0.3 is 0 Å². The predicted octanol–water partition coefficient (Wildman–Crippen LogP) is -0.439. The van der Waals surface area contributed by atoms with Crippen molar-refractivity contribution in [2.75, 3.05) is 51.8 Å².